The minimum atomic E-state index is -0.898. The zero-order valence-corrected chi connectivity index (χ0v) is 16.8. The molecule has 1 aliphatic heterocycles. The van der Waals surface area contributed by atoms with E-state index in [1.165, 1.54) is 0 Å². The van der Waals surface area contributed by atoms with E-state index in [-0.39, 0.29) is 17.7 Å². The molecule has 6 nitrogen and oxygen atoms in total. The Balaban J connectivity index is 1.50. The Morgan fingerprint density at radius 1 is 1.07 bits per heavy atom. The number of benzene rings is 2. The van der Waals surface area contributed by atoms with E-state index < -0.39 is 12.1 Å². The first-order valence-electron chi connectivity index (χ1n) is 9.90. The summed E-state index contributed by atoms with van der Waals surface area (Å²) < 4.78 is 5.29. The van der Waals surface area contributed by atoms with Crippen molar-refractivity contribution in [3.05, 3.63) is 65.7 Å². The van der Waals surface area contributed by atoms with E-state index in [1.807, 2.05) is 37.3 Å². The number of ether oxygens (including phenoxy) is 1. The zero-order chi connectivity index (χ0) is 20.8. The fraction of sp³-hybridized carbons (Fsp3) is 0.348. The second-order valence-electron chi connectivity index (χ2n) is 7.30. The van der Waals surface area contributed by atoms with Gasteiger partial charge in [0.25, 0.3) is 5.91 Å². The van der Waals surface area contributed by atoms with Crippen LogP contribution in [0.2, 0.25) is 0 Å². The maximum Gasteiger partial charge on any atom is 0.338 e. The minimum Gasteiger partial charge on any atom is -0.449 e. The third-order valence-corrected chi connectivity index (χ3v) is 5.09. The normalized spacial score (nSPS) is 15.7. The van der Waals surface area contributed by atoms with Crippen LogP contribution in [0.15, 0.2) is 54.6 Å². The molecule has 152 valence electrons. The topological polar surface area (TPSA) is 75.7 Å². The van der Waals surface area contributed by atoms with Crippen LogP contribution in [-0.4, -0.2) is 37.0 Å². The monoisotopic (exact) mass is 394 g/mol. The summed E-state index contributed by atoms with van der Waals surface area (Å²) >= 11 is 0. The van der Waals surface area contributed by atoms with Gasteiger partial charge in [0, 0.05) is 25.2 Å². The Kier molecular flexibility index (Phi) is 6.65. The molecule has 1 aliphatic rings. The first-order chi connectivity index (χ1) is 14.0. The summed E-state index contributed by atoms with van der Waals surface area (Å²) in [5.74, 6) is -0.650. The lowest BCUT2D eigenvalue weighted by Gasteiger charge is -2.17. The van der Waals surface area contributed by atoms with E-state index >= 15 is 0 Å². The van der Waals surface area contributed by atoms with Gasteiger partial charge in [0.05, 0.1) is 5.56 Å². The van der Waals surface area contributed by atoms with Crippen LogP contribution in [0.1, 0.15) is 48.5 Å². The largest absolute Gasteiger partial charge is 0.449 e. The van der Waals surface area contributed by atoms with Gasteiger partial charge in [-0.1, -0.05) is 37.3 Å². The van der Waals surface area contributed by atoms with Gasteiger partial charge in [0.2, 0.25) is 5.91 Å². The van der Waals surface area contributed by atoms with Crippen molar-refractivity contribution in [2.24, 2.45) is 0 Å². The molecule has 6 heteroatoms. The van der Waals surface area contributed by atoms with Crippen LogP contribution in [0, 0.1) is 0 Å². The fourth-order valence-electron chi connectivity index (χ4n) is 3.28. The van der Waals surface area contributed by atoms with Crippen LogP contribution >= 0.6 is 0 Å². The molecular formula is C23H26N2O4. The van der Waals surface area contributed by atoms with E-state index in [1.54, 1.807) is 36.1 Å². The van der Waals surface area contributed by atoms with Crippen LogP contribution in [0.4, 0.5) is 5.69 Å². The first-order valence-corrected chi connectivity index (χ1v) is 9.90. The predicted molar refractivity (Wildman–Crippen MR) is 111 cm³/mol. The third-order valence-electron chi connectivity index (χ3n) is 5.09. The van der Waals surface area contributed by atoms with Crippen molar-refractivity contribution in [2.75, 3.05) is 18.0 Å². The molecule has 0 aromatic heterocycles. The highest BCUT2D eigenvalue weighted by molar-refractivity contribution is 5.96. The third kappa shape index (κ3) is 5.22. The Morgan fingerprint density at radius 3 is 2.38 bits per heavy atom. The van der Waals surface area contributed by atoms with Crippen molar-refractivity contribution in [1.82, 2.24) is 5.32 Å². The standard InChI is InChI=1S/C23H26N2O4/c1-16(18-7-4-3-5-8-18)15-24-22(27)17(2)29-23(28)19-10-12-20(13-11-19)25-14-6-9-21(25)26/h3-5,7-8,10-13,16-17H,6,9,14-15H2,1-2H3,(H,24,27). The number of nitrogens with one attached hydrogen (secondary N) is 1. The summed E-state index contributed by atoms with van der Waals surface area (Å²) in [6.45, 7) is 4.74. The van der Waals surface area contributed by atoms with Crippen molar-refractivity contribution in [1.29, 1.82) is 0 Å². The van der Waals surface area contributed by atoms with Gasteiger partial charge in [0.1, 0.15) is 0 Å². The van der Waals surface area contributed by atoms with Crippen molar-refractivity contribution < 1.29 is 19.1 Å². The van der Waals surface area contributed by atoms with Gasteiger partial charge < -0.3 is 15.0 Å². The molecule has 2 atom stereocenters. The molecule has 1 heterocycles. The van der Waals surface area contributed by atoms with Crippen LogP contribution in [-0.2, 0) is 14.3 Å². The lowest BCUT2D eigenvalue weighted by molar-refractivity contribution is -0.129. The predicted octanol–water partition coefficient (Wildman–Crippen LogP) is 3.28. The van der Waals surface area contributed by atoms with E-state index in [9.17, 15) is 14.4 Å². The molecular weight excluding hydrogens is 368 g/mol. The number of hydrogen-bond donors (Lipinski definition) is 1. The number of rotatable bonds is 7. The first kappa shape index (κ1) is 20.6. The molecule has 0 saturated carbocycles. The molecule has 0 bridgehead atoms. The molecule has 2 aromatic carbocycles. The summed E-state index contributed by atoms with van der Waals surface area (Å²) in [6.07, 6.45) is 0.502. The van der Waals surface area contributed by atoms with Crippen LogP contribution < -0.4 is 10.2 Å². The minimum absolute atomic E-state index is 0.0929. The lowest BCUT2D eigenvalue weighted by Crippen LogP contribution is -2.37. The lowest BCUT2D eigenvalue weighted by atomic mass is 10.0. The van der Waals surface area contributed by atoms with Crippen molar-refractivity contribution in [3.8, 4) is 0 Å². The molecule has 29 heavy (non-hydrogen) atoms. The second kappa shape index (κ2) is 9.37. The number of anilines is 1. The second-order valence-corrected chi connectivity index (χ2v) is 7.30. The molecule has 0 spiro atoms. The number of hydrogen-bond acceptors (Lipinski definition) is 4. The molecule has 1 N–H and O–H groups in total. The fourth-order valence-corrected chi connectivity index (χ4v) is 3.28. The maximum absolute atomic E-state index is 12.3. The van der Waals surface area contributed by atoms with Gasteiger partial charge in [-0.05, 0) is 49.1 Å². The van der Waals surface area contributed by atoms with Gasteiger partial charge in [-0.25, -0.2) is 4.79 Å². The summed E-state index contributed by atoms with van der Waals surface area (Å²) in [5, 5.41) is 2.83. The number of carbonyl (C=O) groups excluding carboxylic acids is 3. The molecule has 2 amide bonds. The molecule has 1 fully saturated rings. The van der Waals surface area contributed by atoms with Gasteiger partial charge >= 0.3 is 5.97 Å². The summed E-state index contributed by atoms with van der Waals surface area (Å²) in [6, 6.07) is 16.6. The van der Waals surface area contributed by atoms with E-state index in [2.05, 4.69) is 5.32 Å². The Labute approximate surface area is 170 Å². The quantitative estimate of drug-likeness (QED) is 0.732. The summed E-state index contributed by atoms with van der Waals surface area (Å²) in [5.41, 5.74) is 2.25. The van der Waals surface area contributed by atoms with Gasteiger partial charge in [-0.15, -0.1) is 0 Å². The molecule has 2 aromatic rings. The SMILES string of the molecule is CC(OC(=O)c1ccc(N2CCCC2=O)cc1)C(=O)NCC(C)c1ccccc1. The van der Waals surface area contributed by atoms with Crippen LogP contribution in [0.5, 0.6) is 0 Å². The average molecular weight is 394 g/mol. The summed E-state index contributed by atoms with van der Waals surface area (Å²) in [4.78, 5) is 38.1. The van der Waals surface area contributed by atoms with E-state index in [0.717, 1.165) is 17.7 Å². The molecule has 0 radical (unpaired) electrons. The highest BCUT2D eigenvalue weighted by Gasteiger charge is 2.23. The smallest absolute Gasteiger partial charge is 0.338 e. The highest BCUT2D eigenvalue weighted by Crippen LogP contribution is 2.22. The van der Waals surface area contributed by atoms with Gasteiger partial charge in [0.15, 0.2) is 6.10 Å². The summed E-state index contributed by atoms with van der Waals surface area (Å²) in [7, 11) is 0. The molecule has 1 saturated heterocycles. The van der Waals surface area contributed by atoms with Crippen LogP contribution in [0.25, 0.3) is 0 Å². The van der Waals surface area contributed by atoms with Crippen molar-refractivity contribution in [2.45, 2.75) is 38.7 Å². The number of amides is 2. The average Bonchev–Trinajstić information content (AvgIpc) is 3.18. The number of nitrogens with zero attached hydrogens (tertiary/aromatic N) is 1. The van der Waals surface area contributed by atoms with E-state index in [0.29, 0.717) is 25.1 Å². The molecule has 0 aliphatic carbocycles. The Morgan fingerprint density at radius 2 is 1.76 bits per heavy atom. The number of esters is 1. The Hall–Kier alpha value is -3.15. The van der Waals surface area contributed by atoms with Gasteiger partial charge in [-0.2, -0.15) is 0 Å². The van der Waals surface area contributed by atoms with Crippen molar-refractivity contribution in [3.63, 3.8) is 0 Å². The number of carbonyl (C=O) groups is 3. The highest BCUT2D eigenvalue weighted by atomic mass is 16.5. The molecule has 3 rings (SSSR count). The zero-order valence-electron chi connectivity index (χ0n) is 16.8. The molecule has 2 unspecified atom stereocenters. The maximum atomic E-state index is 12.3. The Bertz CT molecular complexity index is 864. The van der Waals surface area contributed by atoms with Gasteiger partial charge in [-0.3, -0.25) is 9.59 Å². The van der Waals surface area contributed by atoms with E-state index in [4.69, 9.17) is 4.74 Å². The van der Waals surface area contributed by atoms with Crippen molar-refractivity contribution >= 4 is 23.5 Å². The van der Waals surface area contributed by atoms with Crippen LogP contribution in [0.3, 0.4) is 0 Å².